The molecule has 1 fully saturated rings. The van der Waals surface area contributed by atoms with Crippen LogP contribution in [0.25, 0.3) is 0 Å². The summed E-state index contributed by atoms with van der Waals surface area (Å²) in [6, 6.07) is 0. The minimum absolute atomic E-state index is 0.0788. The molecule has 0 spiro atoms. The summed E-state index contributed by atoms with van der Waals surface area (Å²) in [5.41, 5.74) is -0.0788. The highest BCUT2D eigenvalue weighted by Gasteiger charge is 2.32. The van der Waals surface area contributed by atoms with Crippen molar-refractivity contribution in [1.29, 1.82) is 0 Å². The SMILES string of the molecule is CC(C)(CO)C1CCN(C(=O)O)CC1. The van der Waals surface area contributed by atoms with Crippen LogP contribution in [0, 0.1) is 11.3 Å². The highest BCUT2D eigenvalue weighted by atomic mass is 16.4. The summed E-state index contributed by atoms with van der Waals surface area (Å²) in [4.78, 5) is 12.1. The van der Waals surface area contributed by atoms with E-state index in [1.54, 1.807) is 0 Å². The van der Waals surface area contributed by atoms with Crippen LogP contribution in [0.4, 0.5) is 4.79 Å². The molecule has 1 rings (SSSR count). The Kier molecular flexibility index (Phi) is 3.37. The number of amides is 1. The van der Waals surface area contributed by atoms with Crippen molar-refractivity contribution in [2.24, 2.45) is 11.3 Å². The first kappa shape index (κ1) is 11.3. The van der Waals surface area contributed by atoms with Crippen molar-refractivity contribution >= 4 is 6.09 Å². The molecule has 4 heteroatoms. The predicted octanol–water partition coefficient (Wildman–Crippen LogP) is 1.39. The molecule has 1 amide bonds. The van der Waals surface area contributed by atoms with Crippen molar-refractivity contribution in [2.75, 3.05) is 19.7 Å². The van der Waals surface area contributed by atoms with Crippen molar-refractivity contribution in [1.82, 2.24) is 4.90 Å². The fourth-order valence-corrected chi connectivity index (χ4v) is 1.98. The van der Waals surface area contributed by atoms with Crippen LogP contribution in [-0.4, -0.2) is 40.9 Å². The van der Waals surface area contributed by atoms with Crippen molar-refractivity contribution in [3.63, 3.8) is 0 Å². The van der Waals surface area contributed by atoms with Crippen molar-refractivity contribution in [3.05, 3.63) is 0 Å². The molecule has 0 saturated carbocycles. The lowest BCUT2D eigenvalue weighted by molar-refractivity contribution is 0.0491. The summed E-state index contributed by atoms with van der Waals surface area (Å²) in [7, 11) is 0. The fourth-order valence-electron chi connectivity index (χ4n) is 1.98. The Labute approximate surface area is 84.5 Å². The summed E-state index contributed by atoms with van der Waals surface area (Å²) in [5, 5.41) is 18.0. The summed E-state index contributed by atoms with van der Waals surface area (Å²) >= 11 is 0. The highest BCUT2D eigenvalue weighted by Crippen LogP contribution is 2.34. The number of hydrogen-bond acceptors (Lipinski definition) is 2. The first-order valence-electron chi connectivity index (χ1n) is 5.06. The summed E-state index contributed by atoms with van der Waals surface area (Å²) in [5.74, 6) is 0.433. The van der Waals surface area contributed by atoms with E-state index in [1.165, 1.54) is 4.90 Å². The number of hydrogen-bond donors (Lipinski definition) is 2. The lowest BCUT2D eigenvalue weighted by atomic mass is 9.74. The molecular weight excluding hydrogens is 182 g/mol. The average molecular weight is 201 g/mol. The van der Waals surface area contributed by atoms with Gasteiger partial charge in [0.15, 0.2) is 0 Å². The topological polar surface area (TPSA) is 60.8 Å². The number of rotatable bonds is 2. The first-order chi connectivity index (χ1) is 6.47. The van der Waals surface area contributed by atoms with Crippen LogP contribution < -0.4 is 0 Å². The third-order valence-electron chi connectivity index (χ3n) is 3.28. The van der Waals surface area contributed by atoms with Crippen LogP contribution in [-0.2, 0) is 0 Å². The number of aliphatic hydroxyl groups is 1. The van der Waals surface area contributed by atoms with Gasteiger partial charge in [-0.25, -0.2) is 4.79 Å². The Balaban J connectivity index is 2.47. The molecule has 1 saturated heterocycles. The summed E-state index contributed by atoms with van der Waals surface area (Å²) < 4.78 is 0. The molecule has 0 aromatic rings. The zero-order chi connectivity index (χ0) is 10.8. The lowest BCUT2D eigenvalue weighted by Crippen LogP contribution is -2.42. The van der Waals surface area contributed by atoms with E-state index in [-0.39, 0.29) is 12.0 Å². The van der Waals surface area contributed by atoms with Gasteiger partial charge in [0.25, 0.3) is 0 Å². The molecule has 0 radical (unpaired) electrons. The van der Waals surface area contributed by atoms with Crippen molar-refractivity contribution < 1.29 is 15.0 Å². The molecule has 0 atom stereocenters. The minimum atomic E-state index is -0.828. The van der Waals surface area contributed by atoms with Crippen LogP contribution in [0.15, 0.2) is 0 Å². The van der Waals surface area contributed by atoms with E-state index >= 15 is 0 Å². The van der Waals surface area contributed by atoms with Crippen molar-refractivity contribution in [3.8, 4) is 0 Å². The van der Waals surface area contributed by atoms with Gasteiger partial charge in [-0.2, -0.15) is 0 Å². The molecule has 0 aromatic carbocycles. The van der Waals surface area contributed by atoms with E-state index in [9.17, 15) is 9.90 Å². The molecule has 0 aromatic heterocycles. The third-order valence-corrected chi connectivity index (χ3v) is 3.28. The van der Waals surface area contributed by atoms with Gasteiger partial charge in [0.1, 0.15) is 0 Å². The summed E-state index contributed by atoms with van der Waals surface area (Å²) in [6.07, 6.45) is 0.893. The van der Waals surface area contributed by atoms with Gasteiger partial charge in [-0.05, 0) is 24.2 Å². The second kappa shape index (κ2) is 4.17. The van der Waals surface area contributed by atoms with Crippen LogP contribution in [0.3, 0.4) is 0 Å². The fraction of sp³-hybridized carbons (Fsp3) is 0.900. The molecule has 1 heterocycles. The van der Waals surface area contributed by atoms with Gasteiger partial charge in [-0.3, -0.25) is 0 Å². The van der Waals surface area contributed by atoms with Gasteiger partial charge < -0.3 is 15.1 Å². The smallest absolute Gasteiger partial charge is 0.407 e. The Bertz CT molecular complexity index is 207. The van der Waals surface area contributed by atoms with Gasteiger partial charge in [0, 0.05) is 19.7 Å². The maximum absolute atomic E-state index is 10.7. The quantitative estimate of drug-likeness (QED) is 0.709. The standard InChI is InChI=1S/C10H19NO3/c1-10(2,7-12)8-3-5-11(6-4-8)9(13)14/h8,12H,3-7H2,1-2H3,(H,13,14). The summed E-state index contributed by atoms with van der Waals surface area (Å²) in [6.45, 7) is 5.44. The number of nitrogens with zero attached hydrogens (tertiary/aromatic N) is 1. The first-order valence-corrected chi connectivity index (χ1v) is 5.06. The van der Waals surface area contributed by atoms with Crippen LogP contribution >= 0.6 is 0 Å². The molecule has 14 heavy (non-hydrogen) atoms. The maximum Gasteiger partial charge on any atom is 0.407 e. The second-order valence-corrected chi connectivity index (χ2v) is 4.69. The number of carbonyl (C=O) groups is 1. The molecule has 1 aliphatic heterocycles. The number of aliphatic hydroxyl groups excluding tert-OH is 1. The molecule has 1 aliphatic rings. The molecule has 4 nitrogen and oxygen atoms in total. The van der Waals surface area contributed by atoms with Crippen LogP contribution in [0.1, 0.15) is 26.7 Å². The molecule has 0 bridgehead atoms. The average Bonchev–Trinajstić information content (AvgIpc) is 2.18. The normalized spacial score (nSPS) is 19.8. The Hall–Kier alpha value is -0.770. The molecule has 2 N–H and O–H groups in total. The van der Waals surface area contributed by atoms with Crippen LogP contribution in [0.5, 0.6) is 0 Å². The second-order valence-electron chi connectivity index (χ2n) is 4.69. The van der Waals surface area contributed by atoms with E-state index in [2.05, 4.69) is 0 Å². The van der Waals surface area contributed by atoms with E-state index in [0.29, 0.717) is 19.0 Å². The number of piperidine rings is 1. The van der Waals surface area contributed by atoms with Gasteiger partial charge in [-0.15, -0.1) is 0 Å². The maximum atomic E-state index is 10.7. The highest BCUT2D eigenvalue weighted by molar-refractivity contribution is 5.64. The van der Waals surface area contributed by atoms with E-state index in [4.69, 9.17) is 5.11 Å². The molecular formula is C10H19NO3. The lowest BCUT2D eigenvalue weighted by Gasteiger charge is -2.38. The van der Waals surface area contributed by atoms with E-state index in [0.717, 1.165) is 12.8 Å². The largest absolute Gasteiger partial charge is 0.465 e. The van der Waals surface area contributed by atoms with Gasteiger partial charge >= 0.3 is 6.09 Å². The Morgan fingerprint density at radius 1 is 1.43 bits per heavy atom. The van der Waals surface area contributed by atoms with Crippen molar-refractivity contribution in [2.45, 2.75) is 26.7 Å². The van der Waals surface area contributed by atoms with Gasteiger partial charge in [-0.1, -0.05) is 13.8 Å². The monoisotopic (exact) mass is 201 g/mol. The van der Waals surface area contributed by atoms with Crippen LogP contribution in [0.2, 0.25) is 0 Å². The van der Waals surface area contributed by atoms with E-state index < -0.39 is 6.09 Å². The van der Waals surface area contributed by atoms with Gasteiger partial charge in [0.05, 0.1) is 0 Å². The Morgan fingerprint density at radius 2 is 1.93 bits per heavy atom. The number of likely N-dealkylation sites (tertiary alicyclic amines) is 1. The molecule has 0 unspecified atom stereocenters. The Morgan fingerprint density at radius 3 is 2.29 bits per heavy atom. The zero-order valence-electron chi connectivity index (χ0n) is 8.86. The minimum Gasteiger partial charge on any atom is -0.465 e. The number of carboxylic acid groups (broad SMARTS) is 1. The predicted molar refractivity (Wildman–Crippen MR) is 53.2 cm³/mol. The molecule has 0 aliphatic carbocycles. The molecule has 82 valence electrons. The third kappa shape index (κ3) is 2.38. The zero-order valence-corrected chi connectivity index (χ0v) is 8.86. The van der Waals surface area contributed by atoms with E-state index in [1.807, 2.05) is 13.8 Å². The van der Waals surface area contributed by atoms with Gasteiger partial charge in [0.2, 0.25) is 0 Å².